The number of rotatable bonds is 9. The highest BCUT2D eigenvalue weighted by atomic mass is 15.1. The predicted molar refractivity (Wildman–Crippen MR) is 204 cm³/mol. The molecule has 236 valence electrons. The van der Waals surface area contributed by atoms with Crippen molar-refractivity contribution in [1.82, 2.24) is 0 Å². The fourth-order valence-electron chi connectivity index (χ4n) is 7.31. The first-order valence-electron chi connectivity index (χ1n) is 16.9. The second kappa shape index (κ2) is 13.6. The summed E-state index contributed by atoms with van der Waals surface area (Å²) in [6.45, 7) is 4.27. The van der Waals surface area contributed by atoms with Gasteiger partial charge in [0.05, 0.1) is 5.41 Å². The SMILES string of the molecule is Cc1ccc(N(c2ccc(C)cc2)c2ccc(N(C)c3ccccc3C(c3ccccc3)(c3ccccc3)C3C=CC=CC3)cc2)cc1. The number of anilines is 5. The third-order valence-corrected chi connectivity index (χ3v) is 9.76. The summed E-state index contributed by atoms with van der Waals surface area (Å²) in [5.41, 5.74) is 11.7. The van der Waals surface area contributed by atoms with Crippen LogP contribution in [0.25, 0.3) is 0 Å². The van der Waals surface area contributed by atoms with Crippen LogP contribution in [-0.4, -0.2) is 7.05 Å². The first-order chi connectivity index (χ1) is 23.6. The summed E-state index contributed by atoms with van der Waals surface area (Å²) in [5, 5.41) is 0. The molecule has 0 amide bonds. The summed E-state index contributed by atoms with van der Waals surface area (Å²) in [5.74, 6) is 0.238. The van der Waals surface area contributed by atoms with Crippen LogP contribution in [-0.2, 0) is 5.41 Å². The smallest absolute Gasteiger partial charge is 0.0537 e. The Morgan fingerprint density at radius 1 is 0.500 bits per heavy atom. The van der Waals surface area contributed by atoms with Crippen LogP contribution in [0.2, 0.25) is 0 Å². The van der Waals surface area contributed by atoms with Gasteiger partial charge in [-0.15, -0.1) is 0 Å². The topological polar surface area (TPSA) is 6.48 Å². The standard InChI is InChI=1S/C46H42N2/c1-35-23-27-41(28-24-35)48(42-29-25-36(2)26-30-42)43-33-31-40(32-34-43)47(3)45-22-14-13-21-44(45)46(37-15-7-4-8-16-37,38-17-9-5-10-18-38)39-19-11-6-12-20-39/h4-19,21-34,39H,20H2,1-3H3. The van der Waals surface area contributed by atoms with Crippen LogP contribution < -0.4 is 9.80 Å². The molecule has 1 atom stereocenters. The van der Waals surface area contributed by atoms with Crippen LogP contribution in [0.15, 0.2) is 182 Å². The van der Waals surface area contributed by atoms with E-state index in [9.17, 15) is 0 Å². The molecule has 0 N–H and O–H groups in total. The van der Waals surface area contributed by atoms with Gasteiger partial charge in [0, 0.05) is 35.5 Å². The van der Waals surface area contributed by atoms with E-state index in [1.54, 1.807) is 0 Å². The quantitative estimate of drug-likeness (QED) is 0.148. The van der Waals surface area contributed by atoms with E-state index in [4.69, 9.17) is 0 Å². The minimum absolute atomic E-state index is 0.238. The van der Waals surface area contributed by atoms with Crippen molar-refractivity contribution in [3.8, 4) is 0 Å². The number of nitrogens with zero attached hydrogens (tertiary/aromatic N) is 2. The molecule has 48 heavy (non-hydrogen) atoms. The molecule has 1 unspecified atom stereocenters. The zero-order valence-corrected chi connectivity index (χ0v) is 28.0. The summed E-state index contributed by atoms with van der Waals surface area (Å²) in [4.78, 5) is 4.68. The second-order valence-electron chi connectivity index (χ2n) is 12.8. The van der Waals surface area contributed by atoms with Crippen molar-refractivity contribution in [2.45, 2.75) is 25.7 Å². The first kappa shape index (κ1) is 31.0. The lowest BCUT2D eigenvalue weighted by atomic mass is 9.60. The molecule has 0 saturated carbocycles. The summed E-state index contributed by atoms with van der Waals surface area (Å²) >= 11 is 0. The number of benzene rings is 6. The number of hydrogen-bond acceptors (Lipinski definition) is 2. The fraction of sp³-hybridized carbons (Fsp3) is 0.130. The van der Waals surface area contributed by atoms with Crippen molar-refractivity contribution in [3.63, 3.8) is 0 Å². The van der Waals surface area contributed by atoms with Gasteiger partial charge in [0.25, 0.3) is 0 Å². The highest BCUT2D eigenvalue weighted by Crippen LogP contribution is 2.51. The van der Waals surface area contributed by atoms with Gasteiger partial charge in [0.15, 0.2) is 0 Å². The van der Waals surface area contributed by atoms with Crippen LogP contribution >= 0.6 is 0 Å². The zero-order valence-electron chi connectivity index (χ0n) is 28.0. The molecule has 0 heterocycles. The van der Waals surface area contributed by atoms with Gasteiger partial charge in [-0.25, -0.2) is 0 Å². The molecule has 6 aromatic carbocycles. The van der Waals surface area contributed by atoms with E-state index >= 15 is 0 Å². The number of aryl methyl sites for hydroxylation is 2. The van der Waals surface area contributed by atoms with Gasteiger partial charge in [0.1, 0.15) is 0 Å². The van der Waals surface area contributed by atoms with Crippen LogP contribution in [0.1, 0.15) is 34.2 Å². The molecule has 6 aromatic rings. The summed E-state index contributed by atoms with van der Waals surface area (Å²) in [6, 6.07) is 57.6. The largest absolute Gasteiger partial charge is 0.344 e. The predicted octanol–water partition coefficient (Wildman–Crippen LogP) is 12.0. The van der Waals surface area contributed by atoms with Gasteiger partial charge in [-0.2, -0.15) is 0 Å². The van der Waals surface area contributed by atoms with Crippen LogP contribution in [0.5, 0.6) is 0 Å². The minimum atomic E-state index is -0.401. The molecule has 2 heteroatoms. The van der Waals surface area contributed by atoms with Gasteiger partial charge in [-0.1, -0.05) is 139 Å². The van der Waals surface area contributed by atoms with Crippen molar-refractivity contribution < 1.29 is 0 Å². The van der Waals surface area contributed by atoms with Crippen LogP contribution in [0.4, 0.5) is 28.4 Å². The normalized spacial score (nSPS) is 14.1. The number of allylic oxidation sites excluding steroid dienone is 4. The Labute approximate surface area is 286 Å². The Balaban J connectivity index is 1.34. The Morgan fingerprint density at radius 2 is 0.958 bits per heavy atom. The molecule has 1 aliphatic carbocycles. The number of para-hydroxylation sites is 1. The van der Waals surface area contributed by atoms with E-state index in [2.05, 4.69) is 213 Å². The molecule has 0 aromatic heterocycles. The molecule has 0 fully saturated rings. The fourth-order valence-corrected chi connectivity index (χ4v) is 7.31. The van der Waals surface area contributed by atoms with Crippen molar-refractivity contribution in [3.05, 3.63) is 210 Å². The molecule has 0 bridgehead atoms. The summed E-state index contributed by atoms with van der Waals surface area (Å²) in [7, 11) is 2.20. The highest BCUT2D eigenvalue weighted by molar-refractivity contribution is 5.79. The average Bonchev–Trinajstić information content (AvgIpc) is 3.15. The Kier molecular flexibility index (Phi) is 8.81. The van der Waals surface area contributed by atoms with E-state index < -0.39 is 5.41 Å². The van der Waals surface area contributed by atoms with Gasteiger partial charge >= 0.3 is 0 Å². The van der Waals surface area contributed by atoms with E-state index in [1.807, 2.05) is 0 Å². The van der Waals surface area contributed by atoms with E-state index in [0.29, 0.717) is 0 Å². The molecular weight excluding hydrogens is 581 g/mol. The van der Waals surface area contributed by atoms with Crippen molar-refractivity contribution in [2.24, 2.45) is 5.92 Å². The van der Waals surface area contributed by atoms with Crippen molar-refractivity contribution >= 4 is 28.4 Å². The Morgan fingerprint density at radius 3 is 1.46 bits per heavy atom. The van der Waals surface area contributed by atoms with Crippen LogP contribution in [0.3, 0.4) is 0 Å². The molecule has 0 radical (unpaired) electrons. The first-order valence-corrected chi connectivity index (χ1v) is 16.9. The van der Waals surface area contributed by atoms with E-state index in [1.165, 1.54) is 33.5 Å². The number of hydrogen-bond donors (Lipinski definition) is 0. The molecule has 2 nitrogen and oxygen atoms in total. The third kappa shape index (κ3) is 5.87. The lowest BCUT2D eigenvalue weighted by Crippen LogP contribution is -2.38. The molecule has 7 rings (SSSR count). The lowest BCUT2D eigenvalue weighted by molar-refractivity contribution is 0.448. The van der Waals surface area contributed by atoms with Crippen LogP contribution in [0, 0.1) is 19.8 Å². The van der Waals surface area contributed by atoms with Gasteiger partial charge in [-0.3, -0.25) is 0 Å². The third-order valence-electron chi connectivity index (χ3n) is 9.76. The van der Waals surface area contributed by atoms with Gasteiger partial charge in [-0.05, 0) is 97.5 Å². The maximum Gasteiger partial charge on any atom is 0.0537 e. The second-order valence-corrected chi connectivity index (χ2v) is 12.8. The van der Waals surface area contributed by atoms with Crippen molar-refractivity contribution in [1.29, 1.82) is 0 Å². The van der Waals surface area contributed by atoms with Gasteiger partial charge in [0.2, 0.25) is 0 Å². The summed E-state index contributed by atoms with van der Waals surface area (Å²) < 4.78 is 0. The molecule has 1 aliphatic rings. The lowest BCUT2D eigenvalue weighted by Gasteiger charge is -2.44. The van der Waals surface area contributed by atoms with Crippen molar-refractivity contribution in [2.75, 3.05) is 16.8 Å². The maximum absolute atomic E-state index is 2.40. The highest BCUT2D eigenvalue weighted by Gasteiger charge is 2.44. The maximum atomic E-state index is 2.40. The van der Waals surface area contributed by atoms with E-state index in [-0.39, 0.29) is 5.92 Å². The Bertz CT molecular complexity index is 1920. The zero-order chi connectivity index (χ0) is 32.9. The minimum Gasteiger partial charge on any atom is -0.344 e. The molecule has 0 spiro atoms. The Hall–Kier alpha value is -5.60. The molecular formula is C46H42N2. The molecule has 0 aliphatic heterocycles. The van der Waals surface area contributed by atoms with Gasteiger partial charge < -0.3 is 9.80 Å². The monoisotopic (exact) mass is 622 g/mol. The summed E-state index contributed by atoms with van der Waals surface area (Å²) in [6.07, 6.45) is 10.1. The van der Waals surface area contributed by atoms with E-state index in [0.717, 1.165) is 29.2 Å². The molecule has 0 saturated heterocycles. The average molecular weight is 623 g/mol.